The molecular formula is C19H20O6. The van der Waals surface area contributed by atoms with Gasteiger partial charge < -0.3 is 28.1 Å². The van der Waals surface area contributed by atoms with Gasteiger partial charge in [0.2, 0.25) is 5.75 Å². The Labute approximate surface area is 145 Å². The minimum Gasteiger partial charge on any atom is -0.496 e. The highest BCUT2D eigenvalue weighted by Crippen LogP contribution is 2.45. The number of methoxy groups -OCH3 is 5. The Kier molecular flexibility index (Phi) is 4.61. The molecule has 6 nitrogen and oxygen atoms in total. The van der Waals surface area contributed by atoms with Gasteiger partial charge in [0.25, 0.3) is 0 Å². The highest BCUT2D eigenvalue weighted by atomic mass is 16.5. The first kappa shape index (κ1) is 16.8. The standard InChI is InChI=1S/C19H20O6/c1-20-12-8-14(21-2)18-13(10-25-15(18)9-12)11-6-16(22-3)19(24-5)17(7-11)23-4/h6-10H,1-5H3. The zero-order valence-electron chi connectivity index (χ0n) is 14.8. The molecular weight excluding hydrogens is 324 g/mol. The lowest BCUT2D eigenvalue weighted by atomic mass is 10.0. The molecule has 0 aliphatic rings. The highest BCUT2D eigenvalue weighted by Gasteiger charge is 2.19. The van der Waals surface area contributed by atoms with E-state index in [4.69, 9.17) is 28.1 Å². The van der Waals surface area contributed by atoms with E-state index in [1.807, 2.05) is 24.3 Å². The van der Waals surface area contributed by atoms with Gasteiger partial charge >= 0.3 is 0 Å². The smallest absolute Gasteiger partial charge is 0.203 e. The summed E-state index contributed by atoms with van der Waals surface area (Å²) >= 11 is 0. The predicted molar refractivity (Wildman–Crippen MR) is 94.4 cm³/mol. The monoisotopic (exact) mass is 344 g/mol. The number of benzene rings is 2. The largest absolute Gasteiger partial charge is 0.496 e. The summed E-state index contributed by atoms with van der Waals surface area (Å²) in [6.45, 7) is 0. The molecule has 3 rings (SSSR count). The average Bonchev–Trinajstić information content (AvgIpc) is 3.09. The lowest BCUT2D eigenvalue weighted by Gasteiger charge is -2.14. The fourth-order valence-corrected chi connectivity index (χ4v) is 2.83. The van der Waals surface area contributed by atoms with Crippen LogP contribution in [0.2, 0.25) is 0 Å². The van der Waals surface area contributed by atoms with E-state index in [2.05, 4.69) is 0 Å². The van der Waals surface area contributed by atoms with Crippen LogP contribution in [0.3, 0.4) is 0 Å². The summed E-state index contributed by atoms with van der Waals surface area (Å²) in [6, 6.07) is 7.38. The zero-order valence-corrected chi connectivity index (χ0v) is 14.8. The quantitative estimate of drug-likeness (QED) is 0.670. The molecule has 3 aromatic rings. The fraction of sp³-hybridized carbons (Fsp3) is 0.263. The Morgan fingerprint density at radius 1 is 0.680 bits per heavy atom. The molecule has 1 aromatic heterocycles. The second kappa shape index (κ2) is 6.84. The van der Waals surface area contributed by atoms with Crippen LogP contribution in [-0.2, 0) is 0 Å². The van der Waals surface area contributed by atoms with Crippen molar-refractivity contribution < 1.29 is 28.1 Å². The topological polar surface area (TPSA) is 59.3 Å². The molecule has 132 valence electrons. The van der Waals surface area contributed by atoms with Gasteiger partial charge in [0, 0.05) is 17.7 Å². The Bertz CT molecular complexity index is 871. The van der Waals surface area contributed by atoms with Crippen LogP contribution in [-0.4, -0.2) is 35.5 Å². The normalized spacial score (nSPS) is 10.6. The van der Waals surface area contributed by atoms with Gasteiger partial charge in [0.15, 0.2) is 11.5 Å². The van der Waals surface area contributed by atoms with Crippen LogP contribution in [0, 0.1) is 0 Å². The summed E-state index contributed by atoms with van der Waals surface area (Å²) in [5, 5.41) is 0.845. The van der Waals surface area contributed by atoms with E-state index in [9.17, 15) is 0 Å². The maximum atomic E-state index is 5.72. The van der Waals surface area contributed by atoms with Crippen molar-refractivity contribution in [2.75, 3.05) is 35.5 Å². The lowest BCUT2D eigenvalue weighted by Crippen LogP contribution is -1.95. The summed E-state index contributed by atoms with van der Waals surface area (Å²) in [7, 11) is 7.95. The number of furan rings is 1. The minimum absolute atomic E-state index is 0.537. The SMILES string of the molecule is COc1cc(OC)c2c(-c3cc(OC)c(OC)c(OC)c3)coc2c1. The van der Waals surface area contributed by atoms with E-state index in [0.717, 1.165) is 16.5 Å². The molecule has 0 amide bonds. The van der Waals surface area contributed by atoms with Gasteiger partial charge in [0.05, 0.1) is 47.2 Å². The minimum atomic E-state index is 0.537. The van der Waals surface area contributed by atoms with Crippen molar-refractivity contribution >= 4 is 11.0 Å². The van der Waals surface area contributed by atoms with E-state index < -0.39 is 0 Å². The molecule has 25 heavy (non-hydrogen) atoms. The first-order chi connectivity index (χ1) is 12.2. The van der Waals surface area contributed by atoms with Gasteiger partial charge in [-0.3, -0.25) is 0 Å². The Balaban J connectivity index is 2.26. The number of hydrogen-bond donors (Lipinski definition) is 0. The summed E-state index contributed by atoms with van der Waals surface area (Å²) in [6.07, 6.45) is 1.67. The first-order valence-electron chi connectivity index (χ1n) is 7.60. The van der Waals surface area contributed by atoms with Gasteiger partial charge in [0.1, 0.15) is 17.1 Å². The molecule has 0 spiro atoms. The molecule has 0 atom stereocenters. The molecule has 0 saturated carbocycles. The van der Waals surface area contributed by atoms with Crippen LogP contribution >= 0.6 is 0 Å². The van der Waals surface area contributed by atoms with E-state index >= 15 is 0 Å². The molecule has 0 aliphatic carbocycles. The molecule has 0 unspecified atom stereocenters. The van der Waals surface area contributed by atoms with Gasteiger partial charge in [-0.2, -0.15) is 0 Å². The predicted octanol–water partition coefficient (Wildman–Crippen LogP) is 4.14. The summed E-state index contributed by atoms with van der Waals surface area (Å²) < 4.78 is 32.8. The fourth-order valence-electron chi connectivity index (χ4n) is 2.83. The van der Waals surface area contributed by atoms with Gasteiger partial charge in [-0.25, -0.2) is 0 Å². The van der Waals surface area contributed by atoms with E-state index in [1.165, 1.54) is 0 Å². The van der Waals surface area contributed by atoms with Crippen molar-refractivity contribution in [3.63, 3.8) is 0 Å². The highest BCUT2D eigenvalue weighted by molar-refractivity contribution is 6.00. The van der Waals surface area contributed by atoms with Crippen LogP contribution in [0.4, 0.5) is 0 Å². The maximum absolute atomic E-state index is 5.72. The van der Waals surface area contributed by atoms with Crippen LogP contribution in [0.15, 0.2) is 34.9 Å². The third kappa shape index (κ3) is 2.80. The zero-order chi connectivity index (χ0) is 18.0. The third-order valence-corrected chi connectivity index (χ3v) is 4.04. The molecule has 0 aliphatic heterocycles. The van der Waals surface area contributed by atoms with Crippen molar-refractivity contribution in [3.05, 3.63) is 30.5 Å². The van der Waals surface area contributed by atoms with Crippen molar-refractivity contribution in [2.24, 2.45) is 0 Å². The first-order valence-corrected chi connectivity index (χ1v) is 7.60. The molecule has 0 bridgehead atoms. The number of rotatable bonds is 6. The summed E-state index contributed by atoms with van der Waals surface area (Å²) in [5.74, 6) is 2.99. The molecule has 1 heterocycles. The lowest BCUT2D eigenvalue weighted by molar-refractivity contribution is 0.324. The molecule has 2 aromatic carbocycles. The van der Waals surface area contributed by atoms with Crippen LogP contribution in [0.1, 0.15) is 0 Å². The molecule has 0 saturated heterocycles. The second-order valence-corrected chi connectivity index (χ2v) is 5.27. The van der Waals surface area contributed by atoms with E-state index in [0.29, 0.717) is 34.3 Å². The average molecular weight is 344 g/mol. The summed E-state index contributed by atoms with van der Waals surface area (Å²) in [4.78, 5) is 0. The molecule has 0 fully saturated rings. The van der Waals surface area contributed by atoms with Crippen molar-refractivity contribution in [1.82, 2.24) is 0 Å². The van der Waals surface area contributed by atoms with E-state index in [1.54, 1.807) is 41.8 Å². The van der Waals surface area contributed by atoms with Crippen LogP contribution in [0.5, 0.6) is 28.7 Å². The number of fused-ring (bicyclic) bond motifs is 1. The van der Waals surface area contributed by atoms with Crippen molar-refractivity contribution in [1.29, 1.82) is 0 Å². The van der Waals surface area contributed by atoms with Crippen LogP contribution in [0.25, 0.3) is 22.1 Å². The van der Waals surface area contributed by atoms with Crippen molar-refractivity contribution in [3.8, 4) is 39.9 Å². The van der Waals surface area contributed by atoms with Gasteiger partial charge in [-0.15, -0.1) is 0 Å². The Morgan fingerprint density at radius 2 is 1.32 bits per heavy atom. The molecule has 0 N–H and O–H groups in total. The number of hydrogen-bond acceptors (Lipinski definition) is 6. The maximum Gasteiger partial charge on any atom is 0.203 e. The van der Waals surface area contributed by atoms with Crippen molar-refractivity contribution in [2.45, 2.75) is 0 Å². The summed E-state index contributed by atoms with van der Waals surface area (Å²) in [5.41, 5.74) is 2.38. The second-order valence-electron chi connectivity index (χ2n) is 5.27. The van der Waals surface area contributed by atoms with Gasteiger partial charge in [-0.05, 0) is 17.7 Å². The Morgan fingerprint density at radius 3 is 1.84 bits per heavy atom. The van der Waals surface area contributed by atoms with E-state index in [-0.39, 0.29) is 0 Å². The van der Waals surface area contributed by atoms with Crippen LogP contribution < -0.4 is 23.7 Å². The van der Waals surface area contributed by atoms with Gasteiger partial charge in [-0.1, -0.05) is 0 Å². The molecule has 6 heteroatoms. The number of ether oxygens (including phenoxy) is 5. The molecule has 0 radical (unpaired) electrons. The third-order valence-electron chi connectivity index (χ3n) is 4.04. The Hall–Kier alpha value is -3.02.